The van der Waals surface area contributed by atoms with Crippen LogP contribution >= 0.6 is 11.6 Å². The zero-order valence-corrected chi connectivity index (χ0v) is 12.6. The Labute approximate surface area is 120 Å². The van der Waals surface area contributed by atoms with Gasteiger partial charge in [0, 0.05) is 13.0 Å². The van der Waals surface area contributed by atoms with E-state index in [0.717, 1.165) is 32.2 Å². The number of carbonyl (C=O) groups is 1. The standard InChI is InChI=1S/C14H24ClN3O/c1-3-9-18-14(12(15)10-17-18)13(19)6-5-11(4-2)7-8-16/h10-11H,3-9,16H2,1-2H3. The van der Waals surface area contributed by atoms with Gasteiger partial charge >= 0.3 is 0 Å². The van der Waals surface area contributed by atoms with Crippen molar-refractivity contribution in [3.63, 3.8) is 0 Å². The minimum atomic E-state index is 0.0893. The number of aryl methyl sites for hydroxylation is 1. The summed E-state index contributed by atoms with van der Waals surface area (Å²) < 4.78 is 1.72. The van der Waals surface area contributed by atoms with Crippen LogP contribution in [0.1, 0.15) is 56.4 Å². The maximum atomic E-state index is 12.3. The first-order chi connectivity index (χ1) is 9.13. The molecular formula is C14H24ClN3O. The second-order valence-corrected chi connectivity index (χ2v) is 5.28. The predicted molar refractivity (Wildman–Crippen MR) is 78.5 cm³/mol. The molecule has 108 valence electrons. The van der Waals surface area contributed by atoms with Crippen LogP contribution in [-0.2, 0) is 6.54 Å². The molecule has 4 nitrogen and oxygen atoms in total. The molecule has 1 heterocycles. The summed E-state index contributed by atoms with van der Waals surface area (Å²) >= 11 is 6.06. The van der Waals surface area contributed by atoms with Gasteiger partial charge in [0.2, 0.25) is 0 Å². The van der Waals surface area contributed by atoms with Crippen LogP contribution in [0.15, 0.2) is 6.20 Å². The Kier molecular flexibility index (Phi) is 7.10. The molecule has 19 heavy (non-hydrogen) atoms. The molecular weight excluding hydrogens is 262 g/mol. The smallest absolute Gasteiger partial charge is 0.182 e. The summed E-state index contributed by atoms with van der Waals surface area (Å²) in [6.45, 7) is 5.60. The van der Waals surface area contributed by atoms with E-state index in [1.165, 1.54) is 0 Å². The van der Waals surface area contributed by atoms with Crippen LogP contribution in [0.25, 0.3) is 0 Å². The van der Waals surface area contributed by atoms with Crippen molar-refractivity contribution >= 4 is 17.4 Å². The Morgan fingerprint density at radius 1 is 1.47 bits per heavy atom. The van der Waals surface area contributed by atoms with Crippen molar-refractivity contribution in [2.75, 3.05) is 6.54 Å². The third-order valence-corrected chi connectivity index (χ3v) is 3.70. The molecule has 0 aliphatic rings. The van der Waals surface area contributed by atoms with E-state index in [1.54, 1.807) is 10.9 Å². The third kappa shape index (κ3) is 4.62. The van der Waals surface area contributed by atoms with Crippen LogP contribution in [0.4, 0.5) is 0 Å². The summed E-state index contributed by atoms with van der Waals surface area (Å²) in [5.74, 6) is 0.613. The number of rotatable bonds is 9. The summed E-state index contributed by atoms with van der Waals surface area (Å²) in [5, 5.41) is 4.62. The largest absolute Gasteiger partial charge is 0.330 e. The first-order valence-electron chi connectivity index (χ1n) is 7.08. The van der Waals surface area contributed by atoms with Gasteiger partial charge in [-0.05, 0) is 31.7 Å². The van der Waals surface area contributed by atoms with Gasteiger partial charge in [0.25, 0.3) is 0 Å². The molecule has 0 saturated carbocycles. The Balaban J connectivity index is 2.64. The van der Waals surface area contributed by atoms with E-state index < -0.39 is 0 Å². The first kappa shape index (κ1) is 16.2. The first-order valence-corrected chi connectivity index (χ1v) is 7.46. The normalized spacial score (nSPS) is 12.6. The maximum absolute atomic E-state index is 12.3. The fourth-order valence-corrected chi connectivity index (χ4v) is 2.51. The maximum Gasteiger partial charge on any atom is 0.182 e. The van der Waals surface area contributed by atoms with Gasteiger partial charge in [0.1, 0.15) is 5.69 Å². The van der Waals surface area contributed by atoms with E-state index >= 15 is 0 Å². The van der Waals surface area contributed by atoms with Gasteiger partial charge in [-0.2, -0.15) is 5.10 Å². The molecule has 5 heteroatoms. The molecule has 0 aromatic carbocycles. The number of hydrogen-bond donors (Lipinski definition) is 1. The van der Waals surface area contributed by atoms with Gasteiger partial charge in [-0.15, -0.1) is 0 Å². The number of nitrogens with two attached hydrogens (primary N) is 1. The van der Waals surface area contributed by atoms with Crippen molar-refractivity contribution in [2.45, 2.75) is 52.5 Å². The molecule has 1 rings (SSSR count). The van der Waals surface area contributed by atoms with Gasteiger partial charge in [0.15, 0.2) is 5.78 Å². The molecule has 0 spiro atoms. The lowest BCUT2D eigenvalue weighted by Crippen LogP contribution is -2.14. The average molecular weight is 286 g/mol. The molecule has 1 aromatic rings. The van der Waals surface area contributed by atoms with Crippen LogP contribution in [0, 0.1) is 5.92 Å². The number of halogens is 1. The molecule has 0 aliphatic carbocycles. The zero-order valence-electron chi connectivity index (χ0n) is 11.9. The number of aromatic nitrogens is 2. The summed E-state index contributed by atoms with van der Waals surface area (Å²) in [4.78, 5) is 12.3. The number of nitrogens with zero attached hydrogens (tertiary/aromatic N) is 2. The second kappa shape index (κ2) is 8.33. The van der Waals surface area contributed by atoms with E-state index in [0.29, 0.717) is 29.6 Å². The van der Waals surface area contributed by atoms with Crippen LogP contribution in [-0.4, -0.2) is 22.1 Å². The van der Waals surface area contributed by atoms with E-state index in [-0.39, 0.29) is 5.78 Å². The van der Waals surface area contributed by atoms with Crippen molar-refractivity contribution in [1.82, 2.24) is 9.78 Å². The topological polar surface area (TPSA) is 60.9 Å². The number of ketones is 1. The van der Waals surface area contributed by atoms with Crippen LogP contribution < -0.4 is 5.73 Å². The highest BCUT2D eigenvalue weighted by molar-refractivity contribution is 6.33. The highest BCUT2D eigenvalue weighted by atomic mass is 35.5. The fourth-order valence-electron chi connectivity index (χ4n) is 2.26. The van der Waals surface area contributed by atoms with E-state index in [9.17, 15) is 4.79 Å². The predicted octanol–water partition coefficient (Wildman–Crippen LogP) is 3.28. The molecule has 1 aromatic heterocycles. The summed E-state index contributed by atoms with van der Waals surface area (Å²) in [5.41, 5.74) is 6.13. The van der Waals surface area contributed by atoms with Gasteiger partial charge < -0.3 is 5.73 Å². The lowest BCUT2D eigenvalue weighted by Gasteiger charge is -2.13. The van der Waals surface area contributed by atoms with Crippen molar-refractivity contribution in [1.29, 1.82) is 0 Å². The van der Waals surface area contributed by atoms with Gasteiger partial charge in [0.05, 0.1) is 11.2 Å². The molecule has 1 atom stereocenters. The van der Waals surface area contributed by atoms with E-state index in [1.807, 2.05) is 0 Å². The molecule has 0 amide bonds. The zero-order chi connectivity index (χ0) is 14.3. The molecule has 0 fully saturated rings. The Bertz CT molecular complexity index is 403. The Hall–Kier alpha value is -0.870. The summed E-state index contributed by atoms with van der Waals surface area (Å²) in [6.07, 6.45) is 5.93. The summed E-state index contributed by atoms with van der Waals surface area (Å²) in [6, 6.07) is 0. The molecule has 0 aliphatic heterocycles. The van der Waals surface area contributed by atoms with Crippen LogP contribution in [0.5, 0.6) is 0 Å². The molecule has 0 saturated heterocycles. The monoisotopic (exact) mass is 285 g/mol. The van der Waals surface area contributed by atoms with Gasteiger partial charge in [-0.1, -0.05) is 31.9 Å². The minimum absolute atomic E-state index is 0.0893. The van der Waals surface area contributed by atoms with Crippen LogP contribution in [0.2, 0.25) is 5.02 Å². The molecule has 2 N–H and O–H groups in total. The summed E-state index contributed by atoms with van der Waals surface area (Å²) in [7, 11) is 0. The Morgan fingerprint density at radius 3 is 2.79 bits per heavy atom. The van der Waals surface area contributed by atoms with Crippen molar-refractivity contribution in [3.05, 3.63) is 16.9 Å². The average Bonchev–Trinajstić information content (AvgIpc) is 2.76. The number of carbonyl (C=O) groups excluding carboxylic acids is 1. The SMILES string of the molecule is CCCn1ncc(Cl)c1C(=O)CCC(CC)CCN. The second-order valence-electron chi connectivity index (χ2n) is 4.88. The van der Waals surface area contributed by atoms with Crippen molar-refractivity contribution in [2.24, 2.45) is 11.7 Å². The third-order valence-electron chi connectivity index (χ3n) is 3.43. The van der Waals surface area contributed by atoms with Gasteiger partial charge in [-0.25, -0.2) is 0 Å². The highest BCUT2D eigenvalue weighted by Gasteiger charge is 2.18. The van der Waals surface area contributed by atoms with Gasteiger partial charge in [-0.3, -0.25) is 9.48 Å². The van der Waals surface area contributed by atoms with Crippen molar-refractivity contribution in [3.8, 4) is 0 Å². The fraction of sp³-hybridized carbons (Fsp3) is 0.714. The molecule has 0 radical (unpaired) electrons. The number of Topliss-reactive ketones (excluding diaryl/α,β-unsaturated/α-hetero) is 1. The number of hydrogen-bond acceptors (Lipinski definition) is 3. The van der Waals surface area contributed by atoms with E-state index in [4.69, 9.17) is 17.3 Å². The Morgan fingerprint density at radius 2 is 2.21 bits per heavy atom. The lowest BCUT2D eigenvalue weighted by atomic mass is 9.95. The minimum Gasteiger partial charge on any atom is -0.330 e. The van der Waals surface area contributed by atoms with Crippen molar-refractivity contribution < 1.29 is 4.79 Å². The highest BCUT2D eigenvalue weighted by Crippen LogP contribution is 2.21. The lowest BCUT2D eigenvalue weighted by molar-refractivity contribution is 0.0962. The van der Waals surface area contributed by atoms with Crippen LogP contribution in [0.3, 0.4) is 0 Å². The quantitative estimate of drug-likeness (QED) is 0.708. The molecule has 1 unspecified atom stereocenters. The molecule has 0 bridgehead atoms. The van der Waals surface area contributed by atoms with E-state index in [2.05, 4.69) is 18.9 Å².